The van der Waals surface area contributed by atoms with Crippen molar-refractivity contribution in [1.82, 2.24) is 0 Å². The maximum atomic E-state index is 5.83. The molecule has 1 aromatic rings. The molecule has 0 heterocycles. The first-order valence-corrected chi connectivity index (χ1v) is 6.39. The summed E-state index contributed by atoms with van der Waals surface area (Å²) in [4.78, 5) is 2.24. The normalized spacial score (nSPS) is 10.5. The third-order valence-electron chi connectivity index (χ3n) is 2.92. The minimum absolute atomic E-state index is 0.648. The molecule has 2 N–H and O–H groups in total. The zero-order valence-electron chi connectivity index (χ0n) is 12.0. The highest BCUT2D eigenvalue weighted by Gasteiger charge is 2.09. The molecular formula is C14H24N2O3. The van der Waals surface area contributed by atoms with Crippen LogP contribution in [0, 0.1) is 0 Å². The predicted octanol–water partition coefficient (Wildman–Crippen LogP) is 1.77. The van der Waals surface area contributed by atoms with Crippen molar-refractivity contribution in [3.05, 3.63) is 18.2 Å². The first-order chi connectivity index (χ1) is 9.22. The average molecular weight is 268 g/mol. The molecule has 0 aromatic heterocycles. The maximum absolute atomic E-state index is 5.83. The second-order valence-electron chi connectivity index (χ2n) is 4.25. The molecular weight excluding hydrogens is 244 g/mol. The van der Waals surface area contributed by atoms with Gasteiger partial charge in [0, 0.05) is 45.7 Å². The molecule has 108 valence electrons. The second kappa shape index (κ2) is 8.61. The number of ether oxygens (including phenoxy) is 3. The molecule has 1 aromatic carbocycles. The molecule has 0 saturated heterocycles. The Bertz CT molecular complexity index is 372. The van der Waals surface area contributed by atoms with Gasteiger partial charge in [0.2, 0.25) is 0 Å². The Hall–Kier alpha value is -1.46. The highest BCUT2D eigenvalue weighted by molar-refractivity contribution is 5.62. The molecule has 0 aliphatic carbocycles. The minimum Gasteiger partial charge on any atom is -0.495 e. The number of hydrogen-bond acceptors (Lipinski definition) is 5. The Balaban J connectivity index is 2.76. The number of nitrogens with zero attached hydrogens (tertiary/aromatic N) is 1. The smallest absolute Gasteiger partial charge is 0.143 e. The van der Waals surface area contributed by atoms with E-state index in [1.165, 1.54) is 0 Å². The lowest BCUT2D eigenvalue weighted by Gasteiger charge is -2.25. The molecule has 0 saturated carbocycles. The van der Waals surface area contributed by atoms with Crippen LogP contribution in [0.3, 0.4) is 0 Å². The summed E-state index contributed by atoms with van der Waals surface area (Å²) in [6, 6.07) is 5.82. The fourth-order valence-corrected chi connectivity index (χ4v) is 1.87. The van der Waals surface area contributed by atoms with Crippen LogP contribution >= 0.6 is 0 Å². The quantitative estimate of drug-likeness (QED) is 0.546. The van der Waals surface area contributed by atoms with Gasteiger partial charge in [0.1, 0.15) is 5.75 Å². The number of nitrogen functional groups attached to an aromatic ring is 1. The standard InChI is InChI=1S/C14H24N2O3/c1-17-9-4-7-16(8-10-18-2)12-5-6-13(15)14(11-12)19-3/h5-6,11H,4,7-10,15H2,1-3H3. The van der Waals surface area contributed by atoms with Crippen molar-refractivity contribution in [2.45, 2.75) is 6.42 Å². The van der Waals surface area contributed by atoms with Gasteiger partial charge in [-0.3, -0.25) is 0 Å². The largest absolute Gasteiger partial charge is 0.495 e. The molecule has 0 radical (unpaired) electrons. The number of benzene rings is 1. The molecule has 0 spiro atoms. The van der Waals surface area contributed by atoms with Crippen LogP contribution < -0.4 is 15.4 Å². The Morgan fingerprint density at radius 2 is 1.79 bits per heavy atom. The van der Waals surface area contributed by atoms with Gasteiger partial charge in [-0.15, -0.1) is 0 Å². The van der Waals surface area contributed by atoms with Gasteiger partial charge in [-0.2, -0.15) is 0 Å². The van der Waals surface area contributed by atoms with Gasteiger partial charge >= 0.3 is 0 Å². The van der Waals surface area contributed by atoms with Crippen LogP contribution in [-0.2, 0) is 9.47 Å². The van der Waals surface area contributed by atoms with Gasteiger partial charge in [0.15, 0.2) is 0 Å². The summed E-state index contributed by atoms with van der Waals surface area (Å²) in [5.74, 6) is 0.701. The Kier molecular flexibility index (Phi) is 7.07. The van der Waals surface area contributed by atoms with Crippen LogP contribution in [-0.4, -0.2) is 47.6 Å². The third-order valence-corrected chi connectivity index (χ3v) is 2.92. The molecule has 0 aliphatic rings. The Morgan fingerprint density at radius 3 is 2.42 bits per heavy atom. The average Bonchev–Trinajstić information content (AvgIpc) is 2.43. The second-order valence-corrected chi connectivity index (χ2v) is 4.25. The number of methoxy groups -OCH3 is 3. The van der Waals surface area contributed by atoms with Gasteiger partial charge in [0.25, 0.3) is 0 Å². The summed E-state index contributed by atoms with van der Waals surface area (Å²) in [6.07, 6.45) is 0.965. The zero-order chi connectivity index (χ0) is 14.1. The monoisotopic (exact) mass is 268 g/mol. The maximum Gasteiger partial charge on any atom is 0.143 e. The van der Waals surface area contributed by atoms with Crippen LogP contribution in [0.4, 0.5) is 11.4 Å². The highest BCUT2D eigenvalue weighted by atomic mass is 16.5. The lowest BCUT2D eigenvalue weighted by Crippen LogP contribution is -2.29. The molecule has 0 fully saturated rings. The molecule has 5 heteroatoms. The SMILES string of the molecule is COCCCN(CCOC)c1ccc(N)c(OC)c1. The molecule has 5 nitrogen and oxygen atoms in total. The minimum atomic E-state index is 0.648. The molecule has 0 aliphatic heterocycles. The lowest BCUT2D eigenvalue weighted by atomic mass is 10.2. The molecule has 0 unspecified atom stereocenters. The topological polar surface area (TPSA) is 57.0 Å². The summed E-state index contributed by atoms with van der Waals surface area (Å²) in [7, 11) is 5.04. The predicted molar refractivity (Wildman–Crippen MR) is 78.0 cm³/mol. The van der Waals surface area contributed by atoms with Gasteiger partial charge < -0.3 is 24.8 Å². The number of rotatable bonds is 9. The van der Waals surface area contributed by atoms with Gasteiger partial charge in [0.05, 0.1) is 19.4 Å². The van der Waals surface area contributed by atoms with Crippen LogP contribution in [0.5, 0.6) is 5.75 Å². The molecule has 0 atom stereocenters. The first kappa shape index (κ1) is 15.6. The molecule has 19 heavy (non-hydrogen) atoms. The van der Waals surface area contributed by atoms with E-state index in [9.17, 15) is 0 Å². The zero-order valence-corrected chi connectivity index (χ0v) is 12.0. The van der Waals surface area contributed by atoms with Crippen molar-refractivity contribution < 1.29 is 14.2 Å². The van der Waals surface area contributed by atoms with E-state index in [4.69, 9.17) is 19.9 Å². The first-order valence-electron chi connectivity index (χ1n) is 6.39. The van der Waals surface area contributed by atoms with Crippen molar-refractivity contribution in [1.29, 1.82) is 0 Å². The molecule has 1 rings (SSSR count). The highest BCUT2D eigenvalue weighted by Crippen LogP contribution is 2.27. The fraction of sp³-hybridized carbons (Fsp3) is 0.571. The van der Waals surface area contributed by atoms with Crippen molar-refractivity contribution >= 4 is 11.4 Å². The van der Waals surface area contributed by atoms with Crippen LogP contribution in [0.1, 0.15) is 6.42 Å². The van der Waals surface area contributed by atoms with Crippen molar-refractivity contribution in [3.63, 3.8) is 0 Å². The van der Waals surface area contributed by atoms with E-state index in [1.807, 2.05) is 18.2 Å². The van der Waals surface area contributed by atoms with E-state index < -0.39 is 0 Å². The van der Waals surface area contributed by atoms with Crippen LogP contribution in [0.15, 0.2) is 18.2 Å². The van der Waals surface area contributed by atoms with E-state index in [2.05, 4.69) is 4.90 Å². The Labute approximate surface area is 115 Å². The van der Waals surface area contributed by atoms with E-state index in [-0.39, 0.29) is 0 Å². The summed E-state index contributed by atoms with van der Waals surface area (Å²) < 4.78 is 15.5. The van der Waals surface area contributed by atoms with Gasteiger partial charge in [-0.25, -0.2) is 0 Å². The molecule has 0 bridgehead atoms. The van der Waals surface area contributed by atoms with Gasteiger partial charge in [-0.05, 0) is 18.6 Å². The van der Waals surface area contributed by atoms with Crippen molar-refractivity contribution in [2.24, 2.45) is 0 Å². The van der Waals surface area contributed by atoms with E-state index in [0.29, 0.717) is 18.0 Å². The number of anilines is 2. The fourth-order valence-electron chi connectivity index (χ4n) is 1.87. The van der Waals surface area contributed by atoms with E-state index in [0.717, 1.165) is 31.8 Å². The van der Waals surface area contributed by atoms with E-state index in [1.54, 1.807) is 21.3 Å². The Morgan fingerprint density at radius 1 is 1.05 bits per heavy atom. The van der Waals surface area contributed by atoms with Crippen LogP contribution in [0.2, 0.25) is 0 Å². The summed E-state index contributed by atoms with van der Waals surface area (Å²) in [5, 5.41) is 0. The van der Waals surface area contributed by atoms with Crippen molar-refractivity contribution in [3.8, 4) is 5.75 Å². The third kappa shape index (κ3) is 4.96. The summed E-state index contributed by atoms with van der Waals surface area (Å²) in [6.45, 7) is 3.16. The number of nitrogens with two attached hydrogens (primary N) is 1. The van der Waals surface area contributed by atoms with Crippen LogP contribution in [0.25, 0.3) is 0 Å². The van der Waals surface area contributed by atoms with Gasteiger partial charge in [-0.1, -0.05) is 0 Å². The van der Waals surface area contributed by atoms with E-state index >= 15 is 0 Å². The van der Waals surface area contributed by atoms with Crippen molar-refractivity contribution in [2.75, 3.05) is 58.3 Å². The molecule has 0 amide bonds. The summed E-state index contributed by atoms with van der Waals surface area (Å²) in [5.41, 5.74) is 7.56. The number of hydrogen-bond donors (Lipinski definition) is 1. The lowest BCUT2D eigenvalue weighted by molar-refractivity contribution is 0.191. The summed E-state index contributed by atoms with van der Waals surface area (Å²) >= 11 is 0.